The van der Waals surface area contributed by atoms with Crippen LogP contribution in [0.1, 0.15) is 45.8 Å². The molecule has 1 aromatic heterocycles. The van der Waals surface area contributed by atoms with Crippen molar-refractivity contribution >= 4 is 40.5 Å². The fraction of sp³-hybridized carbons (Fsp3) is 0.280. The maximum Gasteiger partial charge on any atom is 0.257 e. The van der Waals surface area contributed by atoms with E-state index in [9.17, 15) is 9.18 Å². The van der Waals surface area contributed by atoms with Gasteiger partial charge in [-0.2, -0.15) is 0 Å². The number of rotatable bonds is 4. The molecular weight excluding hydrogens is 448 g/mol. The van der Waals surface area contributed by atoms with Gasteiger partial charge >= 0.3 is 0 Å². The number of benzene rings is 2. The van der Waals surface area contributed by atoms with Crippen LogP contribution >= 0.6 is 23.2 Å². The van der Waals surface area contributed by atoms with Crippen LogP contribution in [0.5, 0.6) is 0 Å². The third-order valence-corrected chi connectivity index (χ3v) is 6.68. The summed E-state index contributed by atoms with van der Waals surface area (Å²) >= 11 is 12.4. The number of aryl methyl sites for hydroxylation is 1. The van der Waals surface area contributed by atoms with E-state index in [-0.39, 0.29) is 11.7 Å². The lowest BCUT2D eigenvalue weighted by Crippen LogP contribution is -2.38. The lowest BCUT2D eigenvalue weighted by Gasteiger charge is -2.33. The number of likely N-dealkylation sites (tertiary alicyclic amines) is 1. The van der Waals surface area contributed by atoms with Crippen molar-refractivity contribution < 1.29 is 9.18 Å². The van der Waals surface area contributed by atoms with Crippen LogP contribution in [0, 0.1) is 19.7 Å². The Bertz CT molecular complexity index is 1140. The summed E-state index contributed by atoms with van der Waals surface area (Å²) in [5.74, 6) is 0.00547. The van der Waals surface area contributed by atoms with E-state index in [4.69, 9.17) is 23.2 Å². The molecule has 0 radical (unpaired) electrons. The summed E-state index contributed by atoms with van der Waals surface area (Å²) in [6, 6.07) is 12.2. The second kappa shape index (κ2) is 9.47. The number of carbonyl (C=O) groups excluding carboxylic acids is 1. The topological polar surface area (TPSA) is 45.2 Å². The zero-order valence-corrected chi connectivity index (χ0v) is 19.5. The molecule has 0 saturated carbocycles. The number of halogens is 3. The normalized spacial score (nSPS) is 14.5. The summed E-state index contributed by atoms with van der Waals surface area (Å²) in [6.07, 6.45) is 3.20. The molecule has 166 valence electrons. The lowest BCUT2D eigenvalue weighted by molar-refractivity contribution is 0.0713. The SMILES string of the molecule is Cc1cc(Cl)ccc1Nc1c(C(=O)N2CCC(c3ccc(F)cc3)CC2)cnc(Cl)c1C. The van der Waals surface area contributed by atoms with Crippen molar-refractivity contribution in [2.24, 2.45) is 0 Å². The van der Waals surface area contributed by atoms with Gasteiger partial charge in [0, 0.05) is 35.6 Å². The molecule has 1 fully saturated rings. The second-order valence-electron chi connectivity index (χ2n) is 8.16. The monoisotopic (exact) mass is 471 g/mol. The van der Waals surface area contributed by atoms with Crippen molar-refractivity contribution in [3.8, 4) is 0 Å². The molecule has 0 aliphatic carbocycles. The van der Waals surface area contributed by atoms with Crippen LogP contribution in [0.15, 0.2) is 48.7 Å². The minimum absolute atomic E-state index is 0.0797. The Kier molecular flexibility index (Phi) is 6.68. The Hall–Kier alpha value is -2.63. The van der Waals surface area contributed by atoms with Gasteiger partial charge in [-0.25, -0.2) is 9.37 Å². The Morgan fingerprint density at radius 2 is 1.78 bits per heavy atom. The van der Waals surface area contributed by atoms with Gasteiger partial charge in [-0.3, -0.25) is 4.79 Å². The summed E-state index contributed by atoms with van der Waals surface area (Å²) in [6.45, 7) is 5.05. The van der Waals surface area contributed by atoms with E-state index < -0.39 is 0 Å². The molecule has 0 atom stereocenters. The van der Waals surface area contributed by atoms with Crippen molar-refractivity contribution in [1.82, 2.24) is 9.88 Å². The maximum absolute atomic E-state index is 13.4. The van der Waals surface area contributed by atoms with Gasteiger partial charge < -0.3 is 10.2 Å². The average Bonchev–Trinajstić information content (AvgIpc) is 2.79. The van der Waals surface area contributed by atoms with Gasteiger partial charge in [0.25, 0.3) is 5.91 Å². The molecule has 1 N–H and O–H groups in total. The van der Waals surface area contributed by atoms with Gasteiger partial charge in [0.1, 0.15) is 11.0 Å². The number of pyridine rings is 1. The number of hydrogen-bond acceptors (Lipinski definition) is 3. The minimum Gasteiger partial charge on any atom is -0.354 e. The van der Waals surface area contributed by atoms with Gasteiger partial charge in [0.15, 0.2) is 0 Å². The third-order valence-electron chi connectivity index (χ3n) is 6.06. The zero-order chi connectivity index (χ0) is 22.8. The Morgan fingerprint density at radius 3 is 2.44 bits per heavy atom. The van der Waals surface area contributed by atoms with Crippen LogP contribution in [0.2, 0.25) is 10.2 Å². The molecule has 2 heterocycles. The van der Waals surface area contributed by atoms with E-state index in [1.165, 1.54) is 18.3 Å². The van der Waals surface area contributed by atoms with Crippen LogP contribution in [0.3, 0.4) is 0 Å². The first-order valence-corrected chi connectivity index (χ1v) is 11.3. The van der Waals surface area contributed by atoms with Crippen LogP contribution in [-0.4, -0.2) is 28.9 Å². The number of amides is 1. The van der Waals surface area contributed by atoms with E-state index in [0.717, 1.165) is 29.7 Å². The third kappa shape index (κ3) is 4.74. The van der Waals surface area contributed by atoms with E-state index in [1.54, 1.807) is 6.07 Å². The lowest BCUT2D eigenvalue weighted by atomic mass is 9.89. The van der Waals surface area contributed by atoms with Crippen molar-refractivity contribution in [2.45, 2.75) is 32.6 Å². The molecule has 2 aromatic carbocycles. The highest BCUT2D eigenvalue weighted by Crippen LogP contribution is 2.33. The number of anilines is 2. The molecule has 3 aromatic rings. The summed E-state index contributed by atoms with van der Waals surface area (Å²) in [7, 11) is 0. The van der Waals surface area contributed by atoms with Crippen LogP contribution in [0.4, 0.5) is 15.8 Å². The summed E-state index contributed by atoms with van der Waals surface area (Å²) < 4.78 is 13.2. The Morgan fingerprint density at radius 1 is 1.09 bits per heavy atom. The molecule has 0 unspecified atom stereocenters. The fourth-order valence-electron chi connectivity index (χ4n) is 4.13. The first-order chi connectivity index (χ1) is 15.3. The van der Waals surface area contributed by atoms with Gasteiger partial charge in [0.2, 0.25) is 0 Å². The molecule has 1 amide bonds. The van der Waals surface area contributed by atoms with Crippen molar-refractivity contribution in [3.63, 3.8) is 0 Å². The molecule has 7 heteroatoms. The molecule has 4 rings (SSSR count). The number of carbonyl (C=O) groups is 1. The second-order valence-corrected chi connectivity index (χ2v) is 8.96. The van der Waals surface area contributed by atoms with E-state index in [2.05, 4.69) is 10.3 Å². The number of nitrogens with one attached hydrogen (secondary N) is 1. The van der Waals surface area contributed by atoms with Gasteiger partial charge in [-0.15, -0.1) is 0 Å². The number of hydrogen-bond donors (Lipinski definition) is 1. The van der Waals surface area contributed by atoms with Gasteiger partial charge in [0.05, 0.1) is 11.3 Å². The molecule has 0 bridgehead atoms. The van der Waals surface area contributed by atoms with E-state index in [1.807, 2.05) is 43.0 Å². The standard InChI is InChI=1S/C25H24Cl2FN3O/c1-15-13-19(26)5-8-22(15)30-23-16(2)24(27)29-14-21(23)25(32)31-11-9-18(10-12-31)17-3-6-20(28)7-4-17/h3-8,13-14,18H,9-12H2,1-2H3,(H,29,30). The molecule has 1 aliphatic rings. The predicted octanol–water partition coefficient (Wildman–Crippen LogP) is 6.91. The highest BCUT2D eigenvalue weighted by Gasteiger charge is 2.27. The van der Waals surface area contributed by atoms with Gasteiger partial charge in [-0.05, 0) is 74.1 Å². The highest BCUT2D eigenvalue weighted by molar-refractivity contribution is 6.31. The number of piperidine rings is 1. The summed E-state index contributed by atoms with van der Waals surface area (Å²) in [5.41, 5.74) is 4.78. The quantitative estimate of drug-likeness (QED) is 0.420. The van der Waals surface area contributed by atoms with E-state index in [0.29, 0.717) is 46.0 Å². The molecule has 1 aliphatic heterocycles. The molecule has 4 nitrogen and oxygen atoms in total. The summed E-state index contributed by atoms with van der Waals surface area (Å²) in [4.78, 5) is 19.5. The maximum atomic E-state index is 13.4. The predicted molar refractivity (Wildman–Crippen MR) is 128 cm³/mol. The molecule has 0 spiro atoms. The van der Waals surface area contributed by atoms with E-state index >= 15 is 0 Å². The number of aromatic nitrogens is 1. The highest BCUT2D eigenvalue weighted by atomic mass is 35.5. The van der Waals surface area contributed by atoms with Crippen LogP contribution in [-0.2, 0) is 0 Å². The Balaban J connectivity index is 1.55. The van der Waals surface area contributed by atoms with Crippen molar-refractivity contribution in [1.29, 1.82) is 0 Å². The first kappa shape index (κ1) is 22.6. The van der Waals surface area contributed by atoms with Crippen molar-refractivity contribution in [2.75, 3.05) is 18.4 Å². The van der Waals surface area contributed by atoms with Crippen LogP contribution < -0.4 is 5.32 Å². The smallest absolute Gasteiger partial charge is 0.257 e. The van der Waals surface area contributed by atoms with Crippen LogP contribution in [0.25, 0.3) is 0 Å². The Labute approximate surface area is 197 Å². The number of nitrogens with zero attached hydrogens (tertiary/aromatic N) is 2. The largest absolute Gasteiger partial charge is 0.354 e. The fourth-order valence-corrected chi connectivity index (χ4v) is 4.50. The molecule has 32 heavy (non-hydrogen) atoms. The summed E-state index contributed by atoms with van der Waals surface area (Å²) in [5, 5.41) is 4.37. The molecule has 1 saturated heterocycles. The average molecular weight is 472 g/mol. The minimum atomic E-state index is -0.233. The van der Waals surface area contributed by atoms with Gasteiger partial charge in [-0.1, -0.05) is 35.3 Å². The first-order valence-electron chi connectivity index (χ1n) is 10.6. The van der Waals surface area contributed by atoms with Crippen molar-refractivity contribution in [3.05, 3.63) is 86.9 Å². The molecular formula is C25H24Cl2FN3O. The zero-order valence-electron chi connectivity index (χ0n) is 18.0.